The van der Waals surface area contributed by atoms with Gasteiger partial charge in [0.2, 0.25) is 0 Å². The summed E-state index contributed by atoms with van der Waals surface area (Å²) in [7, 11) is 1.59. The number of carbonyl (C=O) groups excluding carboxylic acids is 1. The molecule has 14 heavy (non-hydrogen) atoms. The molecular formula is C10H9ClO2S. The second-order valence-corrected chi connectivity index (χ2v) is 4.55. The van der Waals surface area contributed by atoms with Crippen LogP contribution in [-0.4, -0.2) is 18.6 Å². The summed E-state index contributed by atoms with van der Waals surface area (Å²) in [5.41, 5.74) is 0.700. The number of fused-ring (bicyclic) bond motifs is 1. The van der Waals surface area contributed by atoms with Gasteiger partial charge < -0.3 is 4.74 Å². The molecule has 0 unspecified atom stereocenters. The van der Waals surface area contributed by atoms with Gasteiger partial charge >= 0.3 is 0 Å². The van der Waals surface area contributed by atoms with E-state index in [4.69, 9.17) is 16.3 Å². The van der Waals surface area contributed by atoms with E-state index in [0.717, 1.165) is 10.6 Å². The van der Waals surface area contributed by atoms with Crippen LogP contribution in [0.25, 0.3) is 0 Å². The first-order chi connectivity index (χ1) is 6.72. The average Bonchev–Trinajstić information content (AvgIpc) is 2.18. The molecule has 74 valence electrons. The molecular weight excluding hydrogens is 220 g/mol. The van der Waals surface area contributed by atoms with Crippen LogP contribution < -0.4 is 4.74 Å². The predicted molar refractivity (Wildman–Crippen MR) is 57.7 cm³/mol. The van der Waals surface area contributed by atoms with Gasteiger partial charge in [-0.1, -0.05) is 11.6 Å². The average molecular weight is 229 g/mol. The summed E-state index contributed by atoms with van der Waals surface area (Å²) in [4.78, 5) is 12.5. The molecule has 1 aromatic carbocycles. The molecule has 0 fully saturated rings. The fourth-order valence-corrected chi connectivity index (χ4v) is 2.77. The number of ether oxygens (including phenoxy) is 1. The maximum atomic E-state index is 11.6. The molecule has 1 aliphatic rings. The zero-order valence-electron chi connectivity index (χ0n) is 7.67. The van der Waals surface area contributed by atoms with Crippen molar-refractivity contribution in [2.24, 2.45) is 0 Å². The zero-order chi connectivity index (χ0) is 10.1. The molecule has 1 aliphatic heterocycles. The first-order valence-electron chi connectivity index (χ1n) is 4.26. The Morgan fingerprint density at radius 2 is 2.29 bits per heavy atom. The van der Waals surface area contributed by atoms with Crippen molar-refractivity contribution in [2.75, 3.05) is 12.9 Å². The van der Waals surface area contributed by atoms with Crippen LogP contribution in [-0.2, 0) is 0 Å². The lowest BCUT2D eigenvalue weighted by Crippen LogP contribution is -2.09. The van der Waals surface area contributed by atoms with Gasteiger partial charge in [-0.2, -0.15) is 0 Å². The molecule has 0 spiro atoms. The van der Waals surface area contributed by atoms with Gasteiger partial charge in [0, 0.05) is 22.8 Å². The van der Waals surface area contributed by atoms with Gasteiger partial charge in [-0.3, -0.25) is 4.79 Å². The number of hydrogen-bond acceptors (Lipinski definition) is 3. The number of carbonyl (C=O) groups is 1. The Morgan fingerprint density at radius 3 is 3.00 bits per heavy atom. The Bertz CT molecular complexity index is 390. The van der Waals surface area contributed by atoms with E-state index < -0.39 is 0 Å². The molecule has 0 radical (unpaired) electrons. The third kappa shape index (κ3) is 1.62. The van der Waals surface area contributed by atoms with Gasteiger partial charge in [0.05, 0.1) is 12.0 Å². The highest BCUT2D eigenvalue weighted by molar-refractivity contribution is 7.99. The van der Waals surface area contributed by atoms with Crippen molar-refractivity contribution in [1.29, 1.82) is 0 Å². The highest BCUT2D eigenvalue weighted by Gasteiger charge is 2.21. The molecule has 0 saturated heterocycles. The van der Waals surface area contributed by atoms with Crippen LogP contribution in [0.5, 0.6) is 5.75 Å². The van der Waals surface area contributed by atoms with Crippen LogP contribution in [0.4, 0.5) is 0 Å². The third-order valence-corrected chi connectivity index (χ3v) is 3.45. The topological polar surface area (TPSA) is 26.3 Å². The summed E-state index contributed by atoms with van der Waals surface area (Å²) in [5.74, 6) is 1.68. The lowest BCUT2D eigenvalue weighted by atomic mass is 10.1. The number of Topliss-reactive ketones (excluding diaryl/α,β-unsaturated/α-hetero) is 1. The smallest absolute Gasteiger partial charge is 0.165 e. The van der Waals surface area contributed by atoms with Crippen molar-refractivity contribution in [1.82, 2.24) is 0 Å². The monoisotopic (exact) mass is 228 g/mol. The molecule has 0 aliphatic carbocycles. The first kappa shape index (κ1) is 9.87. The van der Waals surface area contributed by atoms with Crippen molar-refractivity contribution >= 4 is 29.1 Å². The van der Waals surface area contributed by atoms with Crippen LogP contribution in [0.15, 0.2) is 17.0 Å². The van der Waals surface area contributed by atoms with Crippen LogP contribution in [0.2, 0.25) is 5.02 Å². The molecule has 2 rings (SSSR count). The lowest BCUT2D eigenvalue weighted by molar-refractivity contribution is 0.0984. The van der Waals surface area contributed by atoms with E-state index in [1.54, 1.807) is 31.0 Å². The summed E-state index contributed by atoms with van der Waals surface area (Å²) in [6, 6.07) is 3.46. The number of ketones is 1. The van der Waals surface area contributed by atoms with E-state index in [2.05, 4.69) is 0 Å². The summed E-state index contributed by atoms with van der Waals surface area (Å²) in [6.07, 6.45) is 0.584. The minimum absolute atomic E-state index is 0.152. The summed E-state index contributed by atoms with van der Waals surface area (Å²) < 4.78 is 5.18. The highest BCUT2D eigenvalue weighted by Crippen LogP contribution is 2.39. The zero-order valence-corrected chi connectivity index (χ0v) is 9.24. The van der Waals surface area contributed by atoms with Crippen LogP contribution in [0.3, 0.4) is 0 Å². The van der Waals surface area contributed by atoms with Gasteiger partial charge in [0.25, 0.3) is 0 Å². The van der Waals surface area contributed by atoms with Crippen molar-refractivity contribution in [2.45, 2.75) is 11.3 Å². The van der Waals surface area contributed by atoms with Crippen molar-refractivity contribution < 1.29 is 9.53 Å². The molecule has 0 atom stereocenters. The summed E-state index contributed by atoms with van der Waals surface area (Å²) >= 11 is 7.53. The molecule has 1 aromatic rings. The summed E-state index contributed by atoms with van der Waals surface area (Å²) in [6.45, 7) is 0. The van der Waals surface area contributed by atoms with E-state index in [9.17, 15) is 4.79 Å². The molecule has 0 N–H and O–H groups in total. The number of hydrogen-bond donors (Lipinski definition) is 0. The minimum Gasteiger partial charge on any atom is -0.496 e. The molecule has 2 nitrogen and oxygen atoms in total. The number of thioether (sulfide) groups is 1. The molecule has 0 saturated carbocycles. The normalized spacial score (nSPS) is 15.1. The van der Waals surface area contributed by atoms with E-state index in [1.807, 2.05) is 0 Å². The standard InChI is InChI=1S/C10H9ClO2S/c1-13-9-5-6(11)4-7-8(12)2-3-14-10(7)9/h4-5H,2-3H2,1H3. The van der Waals surface area contributed by atoms with Gasteiger partial charge in [-0.05, 0) is 12.1 Å². The van der Waals surface area contributed by atoms with E-state index >= 15 is 0 Å². The number of benzene rings is 1. The number of rotatable bonds is 1. The van der Waals surface area contributed by atoms with Gasteiger partial charge in [0.15, 0.2) is 5.78 Å². The Morgan fingerprint density at radius 1 is 1.50 bits per heavy atom. The molecule has 0 bridgehead atoms. The number of halogens is 1. The van der Waals surface area contributed by atoms with E-state index in [0.29, 0.717) is 22.8 Å². The highest BCUT2D eigenvalue weighted by atomic mass is 35.5. The third-order valence-electron chi connectivity index (χ3n) is 2.12. The fraction of sp³-hybridized carbons (Fsp3) is 0.300. The van der Waals surface area contributed by atoms with Crippen molar-refractivity contribution in [3.8, 4) is 5.75 Å². The Hall–Kier alpha value is -0.670. The maximum Gasteiger partial charge on any atom is 0.165 e. The SMILES string of the molecule is COc1cc(Cl)cc2c1SCCC2=O. The fourth-order valence-electron chi connectivity index (χ4n) is 1.46. The predicted octanol–water partition coefficient (Wildman–Crippen LogP) is 3.03. The lowest BCUT2D eigenvalue weighted by Gasteiger charge is -2.17. The summed E-state index contributed by atoms with van der Waals surface area (Å²) in [5, 5.41) is 0.552. The molecule has 1 heterocycles. The Labute approximate surface area is 91.6 Å². The van der Waals surface area contributed by atoms with E-state index in [1.165, 1.54) is 0 Å². The van der Waals surface area contributed by atoms with Crippen LogP contribution in [0, 0.1) is 0 Å². The van der Waals surface area contributed by atoms with Crippen molar-refractivity contribution in [3.05, 3.63) is 22.7 Å². The molecule has 4 heteroatoms. The number of methoxy groups -OCH3 is 1. The largest absolute Gasteiger partial charge is 0.496 e. The van der Waals surface area contributed by atoms with E-state index in [-0.39, 0.29) is 5.78 Å². The van der Waals surface area contributed by atoms with Crippen LogP contribution in [0.1, 0.15) is 16.8 Å². The quantitative estimate of drug-likeness (QED) is 0.739. The second kappa shape index (κ2) is 3.83. The maximum absolute atomic E-state index is 11.6. The van der Waals surface area contributed by atoms with Crippen LogP contribution >= 0.6 is 23.4 Å². The molecule has 0 aromatic heterocycles. The molecule has 0 amide bonds. The minimum atomic E-state index is 0.152. The Balaban J connectivity index is 2.60. The van der Waals surface area contributed by atoms with Crippen molar-refractivity contribution in [3.63, 3.8) is 0 Å². The van der Waals surface area contributed by atoms with Gasteiger partial charge in [-0.15, -0.1) is 11.8 Å². The van der Waals surface area contributed by atoms with Gasteiger partial charge in [-0.25, -0.2) is 0 Å². The van der Waals surface area contributed by atoms with Gasteiger partial charge in [0.1, 0.15) is 5.75 Å². The second-order valence-electron chi connectivity index (χ2n) is 3.01. The Kier molecular flexibility index (Phi) is 2.70. The first-order valence-corrected chi connectivity index (χ1v) is 5.62.